The Labute approximate surface area is 133 Å². The number of amides is 1. The van der Waals surface area contributed by atoms with Crippen LogP contribution in [0.3, 0.4) is 0 Å². The number of carbonyl (C=O) groups excluding carboxylic acids is 1. The number of ether oxygens (including phenoxy) is 1. The number of rotatable bonds is 5. The van der Waals surface area contributed by atoms with Gasteiger partial charge >= 0.3 is 0 Å². The minimum atomic E-state index is -0.157. The van der Waals surface area contributed by atoms with Gasteiger partial charge in [-0.3, -0.25) is 4.79 Å². The molecule has 2 aromatic carbocycles. The normalized spacial score (nSPS) is 10.2. The van der Waals surface area contributed by atoms with Crippen molar-refractivity contribution in [2.75, 3.05) is 6.54 Å². The molecule has 0 atom stereocenters. The van der Waals surface area contributed by atoms with Crippen molar-refractivity contribution in [1.82, 2.24) is 5.32 Å². The summed E-state index contributed by atoms with van der Waals surface area (Å²) in [7, 11) is 0. The van der Waals surface area contributed by atoms with E-state index in [1.807, 2.05) is 13.0 Å². The highest BCUT2D eigenvalue weighted by Gasteiger charge is 2.11. The third-order valence-electron chi connectivity index (χ3n) is 2.87. The molecular weight excluding hydrogens is 309 g/mol. The lowest BCUT2D eigenvalue weighted by atomic mass is 10.2. The summed E-state index contributed by atoms with van der Waals surface area (Å²) >= 11 is 12.0. The Morgan fingerprint density at radius 1 is 1.19 bits per heavy atom. The van der Waals surface area contributed by atoms with Gasteiger partial charge in [0, 0.05) is 22.2 Å². The number of hydrogen-bond donors (Lipinski definition) is 1. The van der Waals surface area contributed by atoms with E-state index in [9.17, 15) is 4.79 Å². The third kappa shape index (κ3) is 4.13. The molecule has 110 valence electrons. The van der Waals surface area contributed by atoms with Crippen molar-refractivity contribution >= 4 is 29.1 Å². The van der Waals surface area contributed by atoms with Crippen LogP contribution in [0.2, 0.25) is 10.0 Å². The van der Waals surface area contributed by atoms with Crippen molar-refractivity contribution in [3.8, 4) is 5.75 Å². The summed E-state index contributed by atoms with van der Waals surface area (Å²) < 4.78 is 5.72. The fourth-order valence-electron chi connectivity index (χ4n) is 1.83. The van der Waals surface area contributed by atoms with Crippen molar-refractivity contribution in [2.24, 2.45) is 0 Å². The molecule has 0 unspecified atom stereocenters. The molecule has 0 saturated carbocycles. The first-order chi connectivity index (χ1) is 10.1. The van der Waals surface area contributed by atoms with Gasteiger partial charge in [0.1, 0.15) is 12.4 Å². The average molecular weight is 324 g/mol. The zero-order chi connectivity index (χ0) is 15.2. The molecule has 0 aliphatic heterocycles. The number of para-hydroxylation sites is 1. The maximum Gasteiger partial charge on any atom is 0.255 e. The van der Waals surface area contributed by atoms with Crippen molar-refractivity contribution in [1.29, 1.82) is 0 Å². The van der Waals surface area contributed by atoms with E-state index >= 15 is 0 Å². The summed E-state index contributed by atoms with van der Waals surface area (Å²) in [6, 6.07) is 12.3. The first-order valence-electron chi connectivity index (χ1n) is 6.55. The zero-order valence-electron chi connectivity index (χ0n) is 11.5. The summed E-state index contributed by atoms with van der Waals surface area (Å²) in [5, 5.41) is 3.87. The Morgan fingerprint density at radius 2 is 1.95 bits per heavy atom. The molecule has 2 rings (SSSR count). The fraction of sp³-hybridized carbons (Fsp3) is 0.188. The maximum atomic E-state index is 12.0. The van der Waals surface area contributed by atoms with Crippen LogP contribution in [0, 0.1) is 0 Å². The smallest absolute Gasteiger partial charge is 0.255 e. The standard InChI is InChI=1S/C16H15Cl2NO2/c1-2-19-16(20)13-5-3-4-6-15(13)21-10-11-7-8-12(17)9-14(11)18/h3-9H,2,10H2,1H3,(H,19,20). The predicted octanol–water partition coefficient (Wildman–Crippen LogP) is 4.32. The van der Waals surface area contributed by atoms with Crippen LogP contribution in [0.4, 0.5) is 0 Å². The molecule has 0 saturated heterocycles. The number of benzene rings is 2. The van der Waals surface area contributed by atoms with Crippen LogP contribution in [0.5, 0.6) is 5.75 Å². The van der Waals surface area contributed by atoms with E-state index < -0.39 is 0 Å². The highest BCUT2D eigenvalue weighted by atomic mass is 35.5. The summed E-state index contributed by atoms with van der Waals surface area (Å²) in [6.45, 7) is 2.71. The molecular formula is C16H15Cl2NO2. The minimum Gasteiger partial charge on any atom is -0.488 e. The maximum absolute atomic E-state index is 12.0. The highest BCUT2D eigenvalue weighted by Crippen LogP contribution is 2.24. The van der Waals surface area contributed by atoms with E-state index in [4.69, 9.17) is 27.9 Å². The lowest BCUT2D eigenvalue weighted by Gasteiger charge is -2.12. The Balaban J connectivity index is 2.14. The second-order valence-electron chi connectivity index (χ2n) is 4.38. The molecule has 0 aliphatic carbocycles. The molecule has 0 fully saturated rings. The van der Waals surface area contributed by atoms with Crippen LogP contribution >= 0.6 is 23.2 Å². The molecule has 1 amide bonds. The van der Waals surface area contributed by atoms with Gasteiger partial charge < -0.3 is 10.1 Å². The molecule has 0 bridgehead atoms. The number of nitrogens with one attached hydrogen (secondary N) is 1. The topological polar surface area (TPSA) is 38.3 Å². The molecule has 3 nitrogen and oxygen atoms in total. The van der Waals surface area contributed by atoms with Crippen molar-refractivity contribution in [3.05, 3.63) is 63.6 Å². The second kappa shape index (κ2) is 7.34. The van der Waals surface area contributed by atoms with E-state index in [0.717, 1.165) is 5.56 Å². The highest BCUT2D eigenvalue weighted by molar-refractivity contribution is 6.35. The Morgan fingerprint density at radius 3 is 2.67 bits per heavy atom. The van der Waals surface area contributed by atoms with Crippen LogP contribution in [-0.2, 0) is 6.61 Å². The summed E-state index contributed by atoms with van der Waals surface area (Å²) in [5.74, 6) is 0.366. The Kier molecular flexibility index (Phi) is 5.48. The van der Waals surface area contributed by atoms with Crippen molar-refractivity contribution < 1.29 is 9.53 Å². The van der Waals surface area contributed by atoms with Crippen LogP contribution in [0.25, 0.3) is 0 Å². The molecule has 2 aromatic rings. The number of carbonyl (C=O) groups is 1. The largest absolute Gasteiger partial charge is 0.488 e. The van der Waals surface area contributed by atoms with Gasteiger partial charge in [-0.25, -0.2) is 0 Å². The van der Waals surface area contributed by atoms with E-state index in [0.29, 0.717) is 27.9 Å². The summed E-state index contributed by atoms with van der Waals surface area (Å²) in [4.78, 5) is 12.0. The van der Waals surface area contributed by atoms with Gasteiger partial charge in [0.15, 0.2) is 0 Å². The first kappa shape index (κ1) is 15.7. The third-order valence-corrected chi connectivity index (χ3v) is 3.45. The van der Waals surface area contributed by atoms with Crippen LogP contribution in [0.15, 0.2) is 42.5 Å². The van der Waals surface area contributed by atoms with Gasteiger partial charge in [0.05, 0.1) is 5.56 Å². The minimum absolute atomic E-state index is 0.157. The lowest BCUT2D eigenvalue weighted by molar-refractivity contribution is 0.0951. The average Bonchev–Trinajstić information content (AvgIpc) is 2.47. The zero-order valence-corrected chi connectivity index (χ0v) is 13.0. The Bertz CT molecular complexity index is 644. The van der Waals surface area contributed by atoms with Gasteiger partial charge in [-0.05, 0) is 31.2 Å². The molecule has 0 aromatic heterocycles. The van der Waals surface area contributed by atoms with Crippen LogP contribution < -0.4 is 10.1 Å². The van der Waals surface area contributed by atoms with E-state index in [1.54, 1.807) is 36.4 Å². The molecule has 0 radical (unpaired) electrons. The molecule has 1 N–H and O–H groups in total. The monoisotopic (exact) mass is 323 g/mol. The van der Waals surface area contributed by atoms with Gasteiger partial charge in [-0.2, -0.15) is 0 Å². The molecule has 5 heteroatoms. The van der Waals surface area contributed by atoms with Gasteiger partial charge in [-0.1, -0.05) is 41.4 Å². The summed E-state index contributed by atoms with van der Waals surface area (Å²) in [6.07, 6.45) is 0. The van der Waals surface area contributed by atoms with Gasteiger partial charge in [0.25, 0.3) is 5.91 Å². The molecule has 21 heavy (non-hydrogen) atoms. The summed E-state index contributed by atoms with van der Waals surface area (Å²) in [5.41, 5.74) is 1.32. The number of halogens is 2. The second-order valence-corrected chi connectivity index (χ2v) is 5.22. The first-order valence-corrected chi connectivity index (χ1v) is 7.31. The quantitative estimate of drug-likeness (QED) is 0.889. The lowest BCUT2D eigenvalue weighted by Crippen LogP contribution is -2.23. The van der Waals surface area contributed by atoms with Gasteiger partial charge in [0.2, 0.25) is 0 Å². The molecule has 0 heterocycles. The van der Waals surface area contributed by atoms with Crippen molar-refractivity contribution in [3.63, 3.8) is 0 Å². The van der Waals surface area contributed by atoms with Crippen molar-refractivity contribution in [2.45, 2.75) is 13.5 Å². The van der Waals surface area contributed by atoms with E-state index in [-0.39, 0.29) is 12.5 Å². The van der Waals surface area contributed by atoms with Crippen LogP contribution in [0.1, 0.15) is 22.8 Å². The molecule has 0 spiro atoms. The van der Waals surface area contributed by atoms with E-state index in [2.05, 4.69) is 5.32 Å². The van der Waals surface area contributed by atoms with Gasteiger partial charge in [-0.15, -0.1) is 0 Å². The Hall–Kier alpha value is -1.71. The SMILES string of the molecule is CCNC(=O)c1ccccc1OCc1ccc(Cl)cc1Cl. The van der Waals surface area contributed by atoms with E-state index in [1.165, 1.54) is 0 Å². The fourth-order valence-corrected chi connectivity index (χ4v) is 2.29. The predicted molar refractivity (Wildman–Crippen MR) is 85.2 cm³/mol. The molecule has 0 aliphatic rings. The van der Waals surface area contributed by atoms with Crippen LogP contribution in [-0.4, -0.2) is 12.5 Å². The number of hydrogen-bond acceptors (Lipinski definition) is 2.